The van der Waals surface area contributed by atoms with Crippen LogP contribution in [0.15, 0.2) is 45.5 Å². The highest BCUT2D eigenvalue weighted by Gasteiger charge is 2.16. The zero-order valence-corrected chi connectivity index (χ0v) is 13.4. The minimum Gasteiger partial charge on any atom is -0.446 e. The van der Waals surface area contributed by atoms with Crippen LogP contribution in [-0.4, -0.2) is 9.97 Å². The van der Waals surface area contributed by atoms with Crippen LogP contribution in [0.1, 0.15) is 0 Å². The number of rotatable bonds is 2. The quantitative estimate of drug-likeness (QED) is 0.536. The molecule has 106 valence electrons. The summed E-state index contributed by atoms with van der Waals surface area (Å²) in [6.45, 7) is 0. The highest BCUT2D eigenvalue weighted by atomic mass is 79.9. The van der Waals surface area contributed by atoms with Crippen molar-refractivity contribution in [2.24, 2.45) is 0 Å². The fourth-order valence-corrected chi connectivity index (χ4v) is 2.75. The predicted octanol–water partition coefficient (Wildman–Crippen LogP) is 5.61. The van der Waals surface area contributed by atoms with Crippen molar-refractivity contribution >= 4 is 39.1 Å². The molecule has 0 radical (unpaired) electrons. The van der Waals surface area contributed by atoms with Crippen molar-refractivity contribution in [3.8, 4) is 22.7 Å². The van der Waals surface area contributed by atoms with Gasteiger partial charge in [-0.15, -0.1) is 0 Å². The Labute approximate surface area is 137 Å². The standard InChI is InChI=1S/C14H6BrCl2FN2O/c15-10-5-4-9(21-10)14-19-12(16)11(13(17)20-14)7-2-1-3-8(18)6-7/h1-6H. The van der Waals surface area contributed by atoms with Crippen molar-refractivity contribution in [2.45, 2.75) is 0 Å². The van der Waals surface area contributed by atoms with Gasteiger partial charge in [0.2, 0.25) is 0 Å². The number of halogens is 4. The minimum absolute atomic E-state index is 0.128. The van der Waals surface area contributed by atoms with Gasteiger partial charge in [0.15, 0.2) is 16.3 Å². The Morgan fingerprint density at radius 1 is 1.05 bits per heavy atom. The molecular weight excluding hydrogens is 382 g/mol. The SMILES string of the molecule is Fc1cccc(-c2c(Cl)nc(-c3ccc(Br)o3)nc2Cl)c1. The summed E-state index contributed by atoms with van der Waals surface area (Å²) < 4.78 is 19.2. The first-order chi connectivity index (χ1) is 10.0. The van der Waals surface area contributed by atoms with Crippen LogP contribution in [0.2, 0.25) is 10.3 Å². The molecule has 0 saturated carbocycles. The lowest BCUT2D eigenvalue weighted by Gasteiger charge is -2.07. The number of hydrogen-bond acceptors (Lipinski definition) is 3. The van der Waals surface area contributed by atoms with Crippen LogP contribution >= 0.6 is 39.1 Å². The van der Waals surface area contributed by atoms with Gasteiger partial charge in [-0.1, -0.05) is 35.3 Å². The van der Waals surface area contributed by atoms with Gasteiger partial charge in [0.05, 0.1) is 5.56 Å². The molecule has 0 bridgehead atoms. The number of benzene rings is 1. The van der Waals surface area contributed by atoms with Crippen LogP contribution in [0.5, 0.6) is 0 Å². The highest BCUT2D eigenvalue weighted by Crippen LogP contribution is 2.35. The number of furan rings is 1. The van der Waals surface area contributed by atoms with E-state index in [-0.39, 0.29) is 16.1 Å². The minimum atomic E-state index is -0.390. The van der Waals surface area contributed by atoms with E-state index in [0.29, 0.717) is 21.6 Å². The van der Waals surface area contributed by atoms with E-state index in [4.69, 9.17) is 27.6 Å². The first-order valence-corrected chi connectivity index (χ1v) is 7.34. The topological polar surface area (TPSA) is 38.9 Å². The molecule has 2 aromatic heterocycles. The maximum atomic E-state index is 13.3. The van der Waals surface area contributed by atoms with Gasteiger partial charge in [-0.3, -0.25) is 0 Å². The first kappa shape index (κ1) is 14.5. The second kappa shape index (κ2) is 5.75. The predicted molar refractivity (Wildman–Crippen MR) is 82.8 cm³/mol. The summed E-state index contributed by atoms with van der Waals surface area (Å²) in [5.41, 5.74) is 0.893. The maximum absolute atomic E-state index is 13.3. The summed E-state index contributed by atoms with van der Waals surface area (Å²) in [4.78, 5) is 8.31. The maximum Gasteiger partial charge on any atom is 0.198 e. The average Bonchev–Trinajstić information content (AvgIpc) is 2.85. The smallest absolute Gasteiger partial charge is 0.198 e. The van der Waals surface area contributed by atoms with E-state index in [1.165, 1.54) is 12.1 Å². The Hall–Kier alpha value is -1.43. The zero-order valence-electron chi connectivity index (χ0n) is 10.3. The average molecular weight is 388 g/mol. The van der Waals surface area contributed by atoms with Crippen LogP contribution in [0.3, 0.4) is 0 Å². The van der Waals surface area contributed by atoms with E-state index >= 15 is 0 Å². The van der Waals surface area contributed by atoms with Crippen molar-refractivity contribution < 1.29 is 8.81 Å². The molecule has 0 aliphatic carbocycles. The monoisotopic (exact) mass is 386 g/mol. The van der Waals surface area contributed by atoms with Crippen molar-refractivity contribution in [1.29, 1.82) is 0 Å². The summed E-state index contributed by atoms with van der Waals surface area (Å²) in [5, 5.41) is 0.256. The Bertz CT molecular complexity index is 799. The molecule has 0 aliphatic rings. The fourth-order valence-electron chi connectivity index (χ4n) is 1.83. The second-order valence-electron chi connectivity index (χ2n) is 4.12. The van der Waals surface area contributed by atoms with E-state index in [0.717, 1.165) is 0 Å². The van der Waals surface area contributed by atoms with Crippen molar-refractivity contribution in [3.63, 3.8) is 0 Å². The van der Waals surface area contributed by atoms with Crippen molar-refractivity contribution in [3.05, 3.63) is 57.2 Å². The van der Waals surface area contributed by atoms with Crippen LogP contribution in [0.4, 0.5) is 4.39 Å². The Kier molecular flexibility index (Phi) is 3.97. The van der Waals surface area contributed by atoms with E-state index in [1.54, 1.807) is 24.3 Å². The summed E-state index contributed by atoms with van der Waals surface area (Å²) in [6.07, 6.45) is 0. The highest BCUT2D eigenvalue weighted by molar-refractivity contribution is 9.10. The molecule has 3 aromatic rings. The molecule has 2 heterocycles. The molecule has 3 rings (SSSR count). The molecule has 0 amide bonds. The Morgan fingerprint density at radius 2 is 1.76 bits per heavy atom. The lowest BCUT2D eigenvalue weighted by molar-refractivity contribution is 0.551. The van der Waals surface area contributed by atoms with Gasteiger partial charge in [0.1, 0.15) is 16.1 Å². The third kappa shape index (κ3) is 2.95. The zero-order chi connectivity index (χ0) is 15.0. The molecule has 1 aromatic carbocycles. The third-order valence-corrected chi connectivity index (χ3v) is 3.70. The van der Waals surface area contributed by atoms with Gasteiger partial charge in [-0.05, 0) is 45.8 Å². The molecule has 0 spiro atoms. The molecular formula is C14H6BrCl2FN2O. The van der Waals surface area contributed by atoms with E-state index in [1.807, 2.05) is 0 Å². The normalized spacial score (nSPS) is 10.9. The molecule has 7 heteroatoms. The van der Waals surface area contributed by atoms with Gasteiger partial charge in [0.25, 0.3) is 0 Å². The van der Waals surface area contributed by atoms with E-state index in [2.05, 4.69) is 25.9 Å². The fraction of sp³-hybridized carbons (Fsp3) is 0. The largest absolute Gasteiger partial charge is 0.446 e. The van der Waals surface area contributed by atoms with Gasteiger partial charge >= 0.3 is 0 Å². The first-order valence-electron chi connectivity index (χ1n) is 5.79. The van der Waals surface area contributed by atoms with Gasteiger partial charge < -0.3 is 4.42 Å². The molecule has 0 saturated heterocycles. The van der Waals surface area contributed by atoms with Crippen LogP contribution in [-0.2, 0) is 0 Å². The van der Waals surface area contributed by atoms with E-state index in [9.17, 15) is 4.39 Å². The Morgan fingerprint density at radius 3 is 2.33 bits per heavy atom. The third-order valence-electron chi connectivity index (χ3n) is 2.73. The molecule has 3 nitrogen and oxygen atoms in total. The number of nitrogens with zero attached hydrogens (tertiary/aromatic N) is 2. The lowest BCUT2D eigenvalue weighted by atomic mass is 10.1. The van der Waals surface area contributed by atoms with Gasteiger partial charge in [-0.2, -0.15) is 0 Å². The van der Waals surface area contributed by atoms with Crippen molar-refractivity contribution in [2.75, 3.05) is 0 Å². The molecule has 0 aliphatic heterocycles. The Balaban J connectivity index is 2.12. The summed E-state index contributed by atoms with van der Waals surface area (Å²) >= 11 is 15.5. The summed E-state index contributed by atoms with van der Waals surface area (Å²) in [6, 6.07) is 9.30. The number of hydrogen-bond donors (Lipinski definition) is 0. The van der Waals surface area contributed by atoms with Crippen LogP contribution in [0.25, 0.3) is 22.7 Å². The summed E-state index contributed by atoms with van der Waals surface area (Å²) in [7, 11) is 0. The van der Waals surface area contributed by atoms with Crippen molar-refractivity contribution in [1.82, 2.24) is 9.97 Å². The molecule has 21 heavy (non-hydrogen) atoms. The summed E-state index contributed by atoms with van der Waals surface area (Å²) in [5.74, 6) is 0.297. The second-order valence-corrected chi connectivity index (χ2v) is 5.62. The van der Waals surface area contributed by atoms with Gasteiger partial charge in [-0.25, -0.2) is 14.4 Å². The van der Waals surface area contributed by atoms with Crippen LogP contribution < -0.4 is 0 Å². The molecule has 0 unspecified atom stereocenters. The lowest BCUT2D eigenvalue weighted by Crippen LogP contribution is -1.94. The number of aromatic nitrogens is 2. The molecule has 0 atom stereocenters. The molecule has 0 N–H and O–H groups in total. The van der Waals surface area contributed by atoms with Gasteiger partial charge in [0, 0.05) is 0 Å². The van der Waals surface area contributed by atoms with Crippen LogP contribution in [0, 0.1) is 5.82 Å². The molecule has 0 fully saturated rings. The van der Waals surface area contributed by atoms with E-state index < -0.39 is 5.82 Å².